The van der Waals surface area contributed by atoms with E-state index in [2.05, 4.69) is 41.5 Å². The Morgan fingerprint density at radius 2 is 1.19 bits per heavy atom. The van der Waals surface area contributed by atoms with Crippen molar-refractivity contribution in [3.8, 4) is 0 Å². The Morgan fingerprint density at radius 3 is 1.74 bits per heavy atom. The van der Waals surface area contributed by atoms with Crippen LogP contribution in [0.25, 0.3) is 0 Å². The molecule has 0 unspecified atom stereocenters. The second kappa shape index (κ2) is 18.7. The van der Waals surface area contributed by atoms with Crippen LogP contribution in [0.4, 0.5) is 0 Å². The highest BCUT2D eigenvalue weighted by Gasteiger charge is 2.71. The normalized spacial score (nSPS) is 36.3. The number of ether oxygens (including phenoxy) is 1. The smallest absolute Gasteiger partial charge is 0.306 e. The van der Waals surface area contributed by atoms with Gasteiger partial charge in [0.1, 0.15) is 6.10 Å². The molecule has 4 aliphatic rings. The summed E-state index contributed by atoms with van der Waals surface area (Å²) in [7, 11) is 0. The van der Waals surface area contributed by atoms with Gasteiger partial charge in [-0.1, -0.05) is 131 Å². The van der Waals surface area contributed by atoms with Crippen LogP contribution in [0, 0.1) is 45.3 Å². The molecule has 0 aliphatic heterocycles. The lowest BCUT2D eigenvalue weighted by molar-refractivity contribution is -0.249. The minimum atomic E-state index is -0.852. The average molecular weight is 745 g/mol. The van der Waals surface area contributed by atoms with Crippen molar-refractivity contribution in [2.45, 2.75) is 253 Å². The zero-order valence-corrected chi connectivity index (χ0v) is 36.5. The number of aliphatic hydroxyl groups excluding tert-OH is 1. The van der Waals surface area contributed by atoms with Gasteiger partial charge < -0.3 is 20.1 Å². The maximum atomic E-state index is 13.2. The highest BCUT2D eigenvalue weighted by Crippen LogP contribution is 2.76. The monoisotopic (exact) mass is 745 g/mol. The van der Waals surface area contributed by atoms with E-state index < -0.39 is 17.3 Å². The first kappa shape index (κ1) is 45.1. The van der Waals surface area contributed by atoms with Crippen molar-refractivity contribution in [2.24, 2.45) is 45.3 Å². The van der Waals surface area contributed by atoms with Crippen molar-refractivity contribution in [3.63, 3.8) is 0 Å². The fourth-order valence-electron chi connectivity index (χ4n) is 13.6. The summed E-state index contributed by atoms with van der Waals surface area (Å²) >= 11 is 0. The Balaban J connectivity index is 1.23. The topological polar surface area (TPSA) is 87.0 Å². The van der Waals surface area contributed by atoms with E-state index in [1.54, 1.807) is 0 Å². The van der Waals surface area contributed by atoms with Crippen LogP contribution in [0.15, 0.2) is 0 Å². The van der Waals surface area contributed by atoms with Crippen molar-refractivity contribution in [2.75, 3.05) is 0 Å². The van der Waals surface area contributed by atoms with E-state index in [-0.39, 0.29) is 45.6 Å². The number of hydrogen-bond acceptors (Lipinski definition) is 5. The van der Waals surface area contributed by atoms with Crippen LogP contribution < -0.4 is 0 Å². The average Bonchev–Trinajstić information content (AvgIpc) is 3.45. The Hall–Kier alpha value is -0.650. The SMILES string of the molecule is CCCCCCCCCCCCCCCCCC(=O)O[C@H]1CC[C@]2(C)[C@H]3C[C@@H](O)[C@@H]4[C@@H]([C@](C)(O)CCCC(C)(C)O)CC[C@@]4(C)[C@]3(C)CC[C@H]2C1(C)C. The molecule has 0 heterocycles. The quantitative estimate of drug-likeness (QED) is 0.0759. The summed E-state index contributed by atoms with van der Waals surface area (Å²) in [5.74, 6) is 1.01. The molecule has 0 aromatic rings. The van der Waals surface area contributed by atoms with Gasteiger partial charge in [-0.3, -0.25) is 4.79 Å². The van der Waals surface area contributed by atoms with Crippen molar-refractivity contribution in [1.82, 2.24) is 0 Å². The number of rotatable bonds is 22. The van der Waals surface area contributed by atoms with Gasteiger partial charge in [-0.15, -0.1) is 0 Å². The largest absolute Gasteiger partial charge is 0.462 e. The molecule has 0 radical (unpaired) electrons. The molecule has 0 aromatic carbocycles. The first-order valence-corrected chi connectivity index (χ1v) is 23.2. The summed E-state index contributed by atoms with van der Waals surface area (Å²) in [6, 6.07) is 0. The van der Waals surface area contributed by atoms with Gasteiger partial charge in [0.05, 0.1) is 17.3 Å². The standard InChI is InChI=1S/C48H88O5/c1-10-11-12-13-14-15-16-17-18-19-20-21-22-23-24-26-41(50)53-40-29-32-45(6)38(44(40,4)5)28-34-46(7)39(45)35-37(49)42-36(27-33-47(42,46)8)48(9,52)31-25-30-43(2,3)51/h36-40,42,49,51-52H,10-35H2,1-9H3/t36-,37+,38-,39+,40-,42-,45-,46+,47+,48+/m0/s1. The molecule has 5 heteroatoms. The lowest BCUT2D eigenvalue weighted by Gasteiger charge is -2.70. The summed E-state index contributed by atoms with van der Waals surface area (Å²) < 4.78 is 6.36. The number of aliphatic hydroxyl groups is 3. The Kier molecular flexibility index (Phi) is 15.9. The second-order valence-electron chi connectivity index (χ2n) is 21.5. The van der Waals surface area contributed by atoms with E-state index in [1.807, 2.05) is 20.8 Å². The van der Waals surface area contributed by atoms with E-state index in [0.717, 1.165) is 64.2 Å². The molecule has 3 N–H and O–H groups in total. The van der Waals surface area contributed by atoms with Gasteiger partial charge >= 0.3 is 5.97 Å². The zero-order valence-electron chi connectivity index (χ0n) is 36.5. The van der Waals surface area contributed by atoms with E-state index in [1.165, 1.54) is 83.5 Å². The number of unbranched alkanes of at least 4 members (excludes halogenated alkanes) is 14. The third-order valence-electron chi connectivity index (χ3n) is 16.9. The molecular weight excluding hydrogens is 657 g/mol. The minimum absolute atomic E-state index is 0.00272. The van der Waals surface area contributed by atoms with Crippen molar-refractivity contribution >= 4 is 5.97 Å². The third-order valence-corrected chi connectivity index (χ3v) is 16.9. The molecule has 10 atom stereocenters. The summed E-state index contributed by atoms with van der Waals surface area (Å²) in [6.07, 6.45) is 29.1. The summed E-state index contributed by atoms with van der Waals surface area (Å²) in [4.78, 5) is 13.2. The predicted octanol–water partition coefficient (Wildman–Crippen LogP) is 12.5. The molecule has 0 amide bonds. The molecule has 4 fully saturated rings. The van der Waals surface area contributed by atoms with Gasteiger partial charge in [0.25, 0.3) is 0 Å². The van der Waals surface area contributed by atoms with Gasteiger partial charge in [-0.05, 0) is 131 Å². The minimum Gasteiger partial charge on any atom is -0.462 e. The Morgan fingerprint density at radius 1 is 0.660 bits per heavy atom. The van der Waals surface area contributed by atoms with Crippen LogP contribution in [0.5, 0.6) is 0 Å². The number of carbonyl (C=O) groups excluding carboxylic acids is 1. The van der Waals surface area contributed by atoms with E-state index in [0.29, 0.717) is 31.1 Å². The summed E-state index contributed by atoms with van der Waals surface area (Å²) in [5, 5.41) is 34.3. The van der Waals surface area contributed by atoms with E-state index in [9.17, 15) is 20.1 Å². The van der Waals surface area contributed by atoms with Crippen molar-refractivity contribution in [1.29, 1.82) is 0 Å². The summed E-state index contributed by atoms with van der Waals surface area (Å²) in [5.41, 5.74) is -1.55. The Labute approximate surface area is 328 Å². The number of fused-ring (bicyclic) bond motifs is 5. The van der Waals surface area contributed by atoms with Crippen LogP contribution in [0.1, 0.15) is 229 Å². The lowest BCUT2D eigenvalue weighted by atomic mass is 9.35. The molecule has 53 heavy (non-hydrogen) atoms. The molecule has 310 valence electrons. The summed E-state index contributed by atoms with van der Waals surface area (Å²) in [6.45, 7) is 20.2. The molecule has 5 nitrogen and oxygen atoms in total. The van der Waals surface area contributed by atoms with Crippen molar-refractivity contribution in [3.05, 3.63) is 0 Å². The highest BCUT2D eigenvalue weighted by atomic mass is 16.5. The van der Waals surface area contributed by atoms with Gasteiger partial charge in [-0.2, -0.15) is 0 Å². The number of hydrogen-bond donors (Lipinski definition) is 3. The zero-order chi connectivity index (χ0) is 39.1. The maximum Gasteiger partial charge on any atom is 0.306 e. The molecule has 0 aromatic heterocycles. The molecule has 0 saturated heterocycles. The highest BCUT2D eigenvalue weighted by molar-refractivity contribution is 5.69. The third kappa shape index (κ3) is 10.5. The van der Waals surface area contributed by atoms with Gasteiger partial charge in [0, 0.05) is 11.8 Å². The van der Waals surface area contributed by atoms with Crippen molar-refractivity contribution < 1.29 is 24.9 Å². The number of esters is 1. The van der Waals surface area contributed by atoms with E-state index >= 15 is 0 Å². The van der Waals surface area contributed by atoms with Crippen LogP contribution in [-0.2, 0) is 9.53 Å². The Bertz CT molecular complexity index is 1120. The van der Waals surface area contributed by atoms with Crippen LogP contribution in [0.2, 0.25) is 0 Å². The molecule has 4 rings (SSSR count). The fraction of sp³-hybridized carbons (Fsp3) is 0.979. The van der Waals surface area contributed by atoms with Crippen LogP contribution in [-0.4, -0.2) is 44.7 Å². The van der Waals surface area contributed by atoms with Crippen LogP contribution in [0.3, 0.4) is 0 Å². The lowest BCUT2D eigenvalue weighted by Crippen LogP contribution is -2.66. The molecular formula is C48H88O5. The maximum absolute atomic E-state index is 13.2. The molecule has 4 aliphatic carbocycles. The van der Waals surface area contributed by atoms with Gasteiger partial charge in [-0.25, -0.2) is 0 Å². The molecule has 0 spiro atoms. The predicted molar refractivity (Wildman–Crippen MR) is 221 cm³/mol. The molecule has 4 saturated carbocycles. The number of carbonyl (C=O) groups is 1. The second-order valence-corrected chi connectivity index (χ2v) is 21.5. The first-order chi connectivity index (χ1) is 24.8. The molecule has 0 bridgehead atoms. The van der Waals surface area contributed by atoms with E-state index in [4.69, 9.17) is 4.74 Å². The van der Waals surface area contributed by atoms with Gasteiger partial charge in [0.2, 0.25) is 0 Å². The fourth-order valence-corrected chi connectivity index (χ4v) is 13.6. The first-order valence-electron chi connectivity index (χ1n) is 23.2. The van der Waals surface area contributed by atoms with Crippen LogP contribution >= 0.6 is 0 Å². The van der Waals surface area contributed by atoms with Gasteiger partial charge in [0.15, 0.2) is 0 Å².